The minimum Gasteiger partial charge on any atom is -0.387 e. The van der Waals surface area contributed by atoms with Crippen LogP contribution in [0.3, 0.4) is 0 Å². The Morgan fingerprint density at radius 1 is 1.19 bits per heavy atom. The number of rotatable bonds is 4. The van der Waals surface area contributed by atoms with Crippen molar-refractivity contribution >= 4 is 11.6 Å². The van der Waals surface area contributed by atoms with E-state index in [1.807, 2.05) is 24.3 Å². The van der Waals surface area contributed by atoms with Crippen LogP contribution >= 0.6 is 11.6 Å². The standard InChI is InChI=1S/C18H20ClNO/c1-20(12-18(21)15-8-4-5-9-16(15)19)17-11-10-13-6-2-3-7-14(13)17/h2-9,17-18,21H,10-12H2,1H3. The number of hydrogen-bond acceptors (Lipinski definition) is 2. The molecule has 1 aliphatic rings. The van der Waals surface area contributed by atoms with Crippen LogP contribution in [0.5, 0.6) is 0 Å². The average molecular weight is 302 g/mol. The molecular weight excluding hydrogens is 282 g/mol. The lowest BCUT2D eigenvalue weighted by Gasteiger charge is -2.28. The summed E-state index contributed by atoms with van der Waals surface area (Å²) in [6, 6.07) is 16.5. The topological polar surface area (TPSA) is 23.5 Å². The molecule has 0 aliphatic heterocycles. The molecule has 1 aliphatic carbocycles. The maximum atomic E-state index is 10.5. The molecule has 0 heterocycles. The third kappa shape index (κ3) is 2.98. The Morgan fingerprint density at radius 3 is 2.71 bits per heavy atom. The van der Waals surface area contributed by atoms with E-state index >= 15 is 0 Å². The number of aliphatic hydroxyl groups excluding tert-OH is 1. The molecule has 2 atom stereocenters. The van der Waals surface area contributed by atoms with Gasteiger partial charge in [-0.15, -0.1) is 0 Å². The second kappa shape index (κ2) is 6.18. The van der Waals surface area contributed by atoms with Gasteiger partial charge in [-0.2, -0.15) is 0 Å². The van der Waals surface area contributed by atoms with E-state index in [1.54, 1.807) is 0 Å². The number of benzene rings is 2. The van der Waals surface area contributed by atoms with Crippen molar-refractivity contribution in [3.8, 4) is 0 Å². The van der Waals surface area contributed by atoms with Crippen LogP contribution in [0.2, 0.25) is 5.02 Å². The first-order valence-corrected chi connectivity index (χ1v) is 7.75. The lowest BCUT2D eigenvalue weighted by Crippen LogP contribution is -2.28. The molecule has 1 N–H and O–H groups in total. The number of aryl methyl sites for hydroxylation is 1. The van der Waals surface area contributed by atoms with Crippen LogP contribution in [0.25, 0.3) is 0 Å². The van der Waals surface area contributed by atoms with Crippen molar-refractivity contribution in [3.63, 3.8) is 0 Å². The van der Waals surface area contributed by atoms with E-state index in [2.05, 4.69) is 36.2 Å². The van der Waals surface area contributed by atoms with Crippen LogP contribution in [0.4, 0.5) is 0 Å². The van der Waals surface area contributed by atoms with E-state index in [0.29, 0.717) is 17.6 Å². The molecule has 0 fully saturated rings. The van der Waals surface area contributed by atoms with Gasteiger partial charge >= 0.3 is 0 Å². The predicted molar refractivity (Wildman–Crippen MR) is 86.5 cm³/mol. The van der Waals surface area contributed by atoms with Crippen molar-refractivity contribution in [3.05, 3.63) is 70.2 Å². The van der Waals surface area contributed by atoms with E-state index in [9.17, 15) is 5.11 Å². The first kappa shape index (κ1) is 14.6. The number of nitrogens with zero attached hydrogens (tertiary/aromatic N) is 1. The molecule has 0 bridgehead atoms. The highest BCUT2D eigenvalue weighted by Gasteiger charge is 2.27. The quantitative estimate of drug-likeness (QED) is 0.923. The average Bonchev–Trinajstić information content (AvgIpc) is 2.91. The fraction of sp³-hybridized carbons (Fsp3) is 0.333. The lowest BCUT2D eigenvalue weighted by molar-refractivity contribution is 0.104. The van der Waals surface area contributed by atoms with Gasteiger partial charge in [0.2, 0.25) is 0 Å². The first-order valence-electron chi connectivity index (χ1n) is 7.37. The number of likely N-dealkylation sites (N-methyl/N-ethyl adjacent to an activating group) is 1. The second-order valence-corrected chi connectivity index (χ2v) is 6.14. The summed E-state index contributed by atoms with van der Waals surface area (Å²) < 4.78 is 0. The Morgan fingerprint density at radius 2 is 1.90 bits per heavy atom. The Kier molecular flexibility index (Phi) is 4.29. The molecule has 0 aromatic heterocycles. The van der Waals surface area contributed by atoms with Crippen molar-refractivity contribution in [2.45, 2.75) is 25.0 Å². The molecule has 21 heavy (non-hydrogen) atoms. The molecule has 0 spiro atoms. The summed E-state index contributed by atoms with van der Waals surface area (Å²) in [6.45, 7) is 0.586. The van der Waals surface area contributed by atoms with Gasteiger partial charge in [0.25, 0.3) is 0 Å². The molecule has 3 heteroatoms. The third-order valence-corrected chi connectivity index (χ3v) is 4.70. The molecule has 2 nitrogen and oxygen atoms in total. The van der Waals surface area contributed by atoms with Crippen molar-refractivity contribution in [2.24, 2.45) is 0 Å². The van der Waals surface area contributed by atoms with Gasteiger partial charge < -0.3 is 5.11 Å². The lowest BCUT2D eigenvalue weighted by atomic mass is 10.1. The van der Waals surface area contributed by atoms with Crippen LogP contribution in [0.1, 0.15) is 35.3 Å². The molecular formula is C18H20ClNO. The van der Waals surface area contributed by atoms with E-state index in [0.717, 1.165) is 18.4 Å². The van der Waals surface area contributed by atoms with Crippen molar-refractivity contribution in [2.75, 3.05) is 13.6 Å². The summed E-state index contributed by atoms with van der Waals surface area (Å²) in [5.41, 5.74) is 3.63. The van der Waals surface area contributed by atoms with Gasteiger partial charge in [-0.05, 0) is 37.1 Å². The van der Waals surface area contributed by atoms with E-state index in [1.165, 1.54) is 11.1 Å². The predicted octanol–water partition coefficient (Wildman–Crippen LogP) is 3.99. The third-order valence-electron chi connectivity index (χ3n) is 4.36. The zero-order valence-corrected chi connectivity index (χ0v) is 12.9. The molecule has 0 saturated heterocycles. The zero-order valence-electron chi connectivity index (χ0n) is 12.2. The molecule has 0 amide bonds. The minimum atomic E-state index is -0.559. The van der Waals surface area contributed by atoms with E-state index in [4.69, 9.17) is 11.6 Å². The highest BCUT2D eigenvalue weighted by Crippen LogP contribution is 2.36. The summed E-state index contributed by atoms with van der Waals surface area (Å²) in [5.74, 6) is 0. The molecule has 2 aromatic rings. The monoisotopic (exact) mass is 301 g/mol. The van der Waals surface area contributed by atoms with Crippen LogP contribution < -0.4 is 0 Å². The van der Waals surface area contributed by atoms with Crippen LogP contribution in [0, 0.1) is 0 Å². The summed E-state index contributed by atoms with van der Waals surface area (Å²) in [5, 5.41) is 11.1. The summed E-state index contributed by atoms with van der Waals surface area (Å²) in [4.78, 5) is 2.24. The van der Waals surface area contributed by atoms with Crippen LogP contribution in [0.15, 0.2) is 48.5 Å². The smallest absolute Gasteiger partial charge is 0.0931 e. The van der Waals surface area contributed by atoms with Gasteiger partial charge in [0.05, 0.1) is 6.10 Å². The molecule has 110 valence electrons. The van der Waals surface area contributed by atoms with Gasteiger partial charge in [-0.3, -0.25) is 4.90 Å². The Hall–Kier alpha value is -1.35. The van der Waals surface area contributed by atoms with Gasteiger partial charge in [0.15, 0.2) is 0 Å². The normalized spacial score (nSPS) is 18.8. The second-order valence-electron chi connectivity index (χ2n) is 5.73. The minimum absolute atomic E-state index is 0.387. The number of fused-ring (bicyclic) bond motifs is 1. The fourth-order valence-electron chi connectivity index (χ4n) is 3.24. The van der Waals surface area contributed by atoms with Crippen molar-refractivity contribution in [1.82, 2.24) is 4.90 Å². The highest BCUT2D eigenvalue weighted by atomic mass is 35.5. The maximum Gasteiger partial charge on any atom is 0.0931 e. The van der Waals surface area contributed by atoms with Gasteiger partial charge in [-0.25, -0.2) is 0 Å². The van der Waals surface area contributed by atoms with E-state index in [-0.39, 0.29) is 0 Å². The first-order chi connectivity index (χ1) is 10.2. The number of halogens is 1. The molecule has 2 unspecified atom stereocenters. The zero-order chi connectivity index (χ0) is 14.8. The molecule has 2 aromatic carbocycles. The van der Waals surface area contributed by atoms with Crippen LogP contribution in [-0.4, -0.2) is 23.6 Å². The molecule has 0 radical (unpaired) electrons. The van der Waals surface area contributed by atoms with Crippen molar-refractivity contribution in [1.29, 1.82) is 0 Å². The highest BCUT2D eigenvalue weighted by molar-refractivity contribution is 6.31. The van der Waals surface area contributed by atoms with Crippen LogP contribution in [-0.2, 0) is 6.42 Å². The molecule has 0 saturated carbocycles. The van der Waals surface area contributed by atoms with Gasteiger partial charge in [-0.1, -0.05) is 54.1 Å². The maximum absolute atomic E-state index is 10.5. The Labute approximate surface area is 131 Å². The van der Waals surface area contributed by atoms with Crippen molar-refractivity contribution < 1.29 is 5.11 Å². The summed E-state index contributed by atoms with van der Waals surface area (Å²) >= 11 is 6.16. The fourth-order valence-corrected chi connectivity index (χ4v) is 3.50. The molecule has 3 rings (SSSR count). The Balaban J connectivity index is 1.73. The SMILES string of the molecule is CN(CC(O)c1ccccc1Cl)C1CCc2ccccc21. The number of hydrogen-bond donors (Lipinski definition) is 1. The Bertz CT molecular complexity index is 628. The van der Waals surface area contributed by atoms with E-state index < -0.39 is 6.10 Å². The summed E-state index contributed by atoms with van der Waals surface area (Å²) in [7, 11) is 2.08. The number of aliphatic hydroxyl groups is 1. The largest absolute Gasteiger partial charge is 0.387 e. The summed E-state index contributed by atoms with van der Waals surface area (Å²) in [6.07, 6.45) is 1.68. The van der Waals surface area contributed by atoms with Gasteiger partial charge in [0.1, 0.15) is 0 Å². The van der Waals surface area contributed by atoms with Gasteiger partial charge in [0, 0.05) is 23.2 Å².